The molecule has 1 N–H and O–H groups in total. The second-order valence-electron chi connectivity index (χ2n) is 4.91. The highest BCUT2D eigenvalue weighted by Gasteiger charge is 2.21. The van der Waals surface area contributed by atoms with E-state index < -0.39 is 0 Å². The fraction of sp³-hybridized carbons (Fsp3) is 0.429. The molecule has 1 aromatic heterocycles. The van der Waals surface area contributed by atoms with E-state index in [2.05, 4.69) is 18.3 Å². The molecule has 1 aliphatic heterocycles. The number of piperidine rings is 1. The molecular weight excluding hydrogens is 233 g/mol. The van der Waals surface area contributed by atoms with E-state index in [-0.39, 0.29) is 5.82 Å². The van der Waals surface area contributed by atoms with Crippen molar-refractivity contribution < 1.29 is 4.39 Å². The summed E-state index contributed by atoms with van der Waals surface area (Å²) in [4.78, 5) is 1.42. The van der Waals surface area contributed by atoms with E-state index in [1.165, 1.54) is 23.1 Å². The fourth-order valence-corrected chi connectivity index (χ4v) is 3.85. The Morgan fingerprint density at radius 2 is 2.24 bits per heavy atom. The van der Waals surface area contributed by atoms with Crippen LogP contribution in [-0.2, 0) is 0 Å². The van der Waals surface area contributed by atoms with Gasteiger partial charge in [-0.1, -0.05) is 6.07 Å². The lowest BCUT2D eigenvalue weighted by Crippen LogP contribution is -2.34. The molecule has 3 rings (SSSR count). The molecule has 2 aromatic rings. The summed E-state index contributed by atoms with van der Waals surface area (Å²) in [5.74, 6) is 0.510. The molecule has 17 heavy (non-hydrogen) atoms. The summed E-state index contributed by atoms with van der Waals surface area (Å²) in [6.07, 6.45) is 2.38. The van der Waals surface area contributed by atoms with Gasteiger partial charge in [-0.05, 0) is 55.8 Å². The summed E-state index contributed by atoms with van der Waals surface area (Å²) in [6, 6.07) is 7.91. The molecule has 90 valence electrons. The molecule has 0 spiro atoms. The predicted molar refractivity (Wildman–Crippen MR) is 71.2 cm³/mol. The third kappa shape index (κ3) is 2.22. The van der Waals surface area contributed by atoms with Gasteiger partial charge in [0.15, 0.2) is 0 Å². The lowest BCUT2D eigenvalue weighted by Gasteiger charge is -2.27. The molecule has 2 atom stereocenters. The molecule has 1 aromatic carbocycles. The van der Waals surface area contributed by atoms with Gasteiger partial charge in [0, 0.05) is 15.6 Å². The molecule has 0 aliphatic carbocycles. The van der Waals surface area contributed by atoms with E-state index in [0.717, 1.165) is 11.2 Å². The lowest BCUT2D eigenvalue weighted by atomic mass is 9.92. The van der Waals surface area contributed by atoms with Crippen molar-refractivity contribution in [3.8, 4) is 0 Å². The maximum Gasteiger partial charge on any atom is 0.124 e. The lowest BCUT2D eigenvalue weighted by molar-refractivity contribution is 0.384. The van der Waals surface area contributed by atoms with Crippen LogP contribution in [0.3, 0.4) is 0 Å². The Morgan fingerprint density at radius 3 is 3.06 bits per heavy atom. The van der Waals surface area contributed by atoms with Crippen LogP contribution in [0.5, 0.6) is 0 Å². The SMILES string of the molecule is C[C@H]1C[C@H](c2cc3ccc(F)cc3s2)CCN1. The Balaban J connectivity index is 1.94. The fourth-order valence-electron chi connectivity index (χ4n) is 2.62. The minimum absolute atomic E-state index is 0.135. The number of halogens is 1. The highest BCUT2D eigenvalue weighted by molar-refractivity contribution is 7.19. The van der Waals surface area contributed by atoms with Gasteiger partial charge in [0.05, 0.1) is 0 Å². The number of rotatable bonds is 1. The van der Waals surface area contributed by atoms with E-state index in [4.69, 9.17) is 0 Å². The summed E-state index contributed by atoms with van der Waals surface area (Å²) in [7, 11) is 0. The molecule has 0 radical (unpaired) electrons. The van der Waals surface area contributed by atoms with Gasteiger partial charge in [0.1, 0.15) is 5.82 Å². The van der Waals surface area contributed by atoms with Gasteiger partial charge in [-0.3, -0.25) is 0 Å². The second kappa shape index (κ2) is 4.39. The zero-order chi connectivity index (χ0) is 11.8. The number of hydrogen-bond donors (Lipinski definition) is 1. The van der Waals surface area contributed by atoms with Gasteiger partial charge in [-0.25, -0.2) is 4.39 Å². The third-order valence-electron chi connectivity index (χ3n) is 3.53. The van der Waals surface area contributed by atoms with Gasteiger partial charge >= 0.3 is 0 Å². The van der Waals surface area contributed by atoms with E-state index >= 15 is 0 Å². The molecule has 0 amide bonds. The van der Waals surface area contributed by atoms with E-state index in [1.807, 2.05) is 6.07 Å². The van der Waals surface area contributed by atoms with Crippen LogP contribution in [-0.4, -0.2) is 12.6 Å². The Morgan fingerprint density at radius 1 is 1.35 bits per heavy atom. The van der Waals surface area contributed by atoms with Crippen LogP contribution in [0.2, 0.25) is 0 Å². The van der Waals surface area contributed by atoms with Crippen LogP contribution in [0.25, 0.3) is 10.1 Å². The van der Waals surface area contributed by atoms with Crippen LogP contribution < -0.4 is 5.32 Å². The van der Waals surface area contributed by atoms with Crippen molar-refractivity contribution >= 4 is 21.4 Å². The summed E-state index contributed by atoms with van der Waals surface area (Å²) >= 11 is 1.75. The van der Waals surface area contributed by atoms with Crippen LogP contribution in [0, 0.1) is 5.82 Å². The maximum atomic E-state index is 13.1. The molecule has 1 fully saturated rings. The summed E-state index contributed by atoms with van der Waals surface area (Å²) in [5, 5.41) is 4.65. The minimum atomic E-state index is -0.135. The van der Waals surface area contributed by atoms with Crippen LogP contribution in [0.1, 0.15) is 30.6 Å². The van der Waals surface area contributed by atoms with Gasteiger partial charge in [0.25, 0.3) is 0 Å². The van der Waals surface area contributed by atoms with Crippen molar-refractivity contribution in [2.45, 2.75) is 31.7 Å². The number of hydrogen-bond acceptors (Lipinski definition) is 2. The average Bonchev–Trinajstić information content (AvgIpc) is 2.72. The van der Waals surface area contributed by atoms with Gasteiger partial charge in [-0.15, -0.1) is 11.3 Å². The van der Waals surface area contributed by atoms with Crippen LogP contribution >= 0.6 is 11.3 Å². The second-order valence-corrected chi connectivity index (χ2v) is 6.02. The average molecular weight is 249 g/mol. The van der Waals surface area contributed by atoms with Crippen molar-refractivity contribution in [3.63, 3.8) is 0 Å². The van der Waals surface area contributed by atoms with Crippen molar-refractivity contribution in [2.24, 2.45) is 0 Å². The van der Waals surface area contributed by atoms with E-state index in [1.54, 1.807) is 23.5 Å². The Kier molecular flexibility index (Phi) is 2.89. The normalized spacial score (nSPS) is 25.3. The first-order chi connectivity index (χ1) is 8.22. The Bertz CT molecular complexity index is 534. The highest BCUT2D eigenvalue weighted by atomic mass is 32.1. The highest BCUT2D eigenvalue weighted by Crippen LogP contribution is 2.36. The predicted octanol–water partition coefficient (Wildman–Crippen LogP) is 3.90. The summed E-state index contributed by atoms with van der Waals surface area (Å²) in [5.41, 5.74) is 0. The first-order valence-corrected chi connectivity index (χ1v) is 6.96. The molecule has 0 bridgehead atoms. The van der Waals surface area contributed by atoms with Crippen LogP contribution in [0.4, 0.5) is 4.39 Å². The molecular formula is C14H16FNS. The zero-order valence-corrected chi connectivity index (χ0v) is 10.7. The first kappa shape index (κ1) is 11.2. The van der Waals surface area contributed by atoms with Crippen molar-refractivity contribution in [1.29, 1.82) is 0 Å². The van der Waals surface area contributed by atoms with Gasteiger partial charge in [-0.2, -0.15) is 0 Å². The molecule has 1 nitrogen and oxygen atoms in total. The zero-order valence-electron chi connectivity index (χ0n) is 9.87. The smallest absolute Gasteiger partial charge is 0.124 e. The maximum absolute atomic E-state index is 13.1. The molecule has 0 unspecified atom stereocenters. The largest absolute Gasteiger partial charge is 0.314 e. The summed E-state index contributed by atoms with van der Waals surface area (Å²) < 4.78 is 14.2. The van der Waals surface area contributed by atoms with E-state index in [9.17, 15) is 4.39 Å². The molecule has 3 heteroatoms. The number of benzene rings is 1. The summed E-state index contributed by atoms with van der Waals surface area (Å²) in [6.45, 7) is 3.33. The topological polar surface area (TPSA) is 12.0 Å². The minimum Gasteiger partial charge on any atom is -0.314 e. The van der Waals surface area contributed by atoms with Crippen molar-refractivity contribution in [2.75, 3.05) is 6.54 Å². The quantitative estimate of drug-likeness (QED) is 0.808. The number of thiophene rings is 1. The molecule has 1 aliphatic rings. The van der Waals surface area contributed by atoms with Crippen molar-refractivity contribution in [3.05, 3.63) is 35.0 Å². The standard InChI is InChI=1S/C14H16FNS/c1-9-6-11(4-5-16-9)13-7-10-2-3-12(15)8-14(10)17-13/h2-3,7-9,11,16H,4-6H2,1H3/t9-,11+/m0/s1. The first-order valence-electron chi connectivity index (χ1n) is 6.15. The molecule has 1 saturated heterocycles. The Labute approximate surface area is 105 Å². The monoisotopic (exact) mass is 249 g/mol. The molecule has 0 saturated carbocycles. The molecule has 2 heterocycles. The van der Waals surface area contributed by atoms with Gasteiger partial charge < -0.3 is 5.32 Å². The third-order valence-corrected chi connectivity index (χ3v) is 4.79. The van der Waals surface area contributed by atoms with Crippen molar-refractivity contribution in [1.82, 2.24) is 5.32 Å². The number of nitrogens with one attached hydrogen (secondary N) is 1. The van der Waals surface area contributed by atoms with E-state index in [0.29, 0.717) is 12.0 Å². The Hall–Kier alpha value is -0.930. The van der Waals surface area contributed by atoms with Crippen LogP contribution in [0.15, 0.2) is 24.3 Å². The van der Waals surface area contributed by atoms with Gasteiger partial charge in [0.2, 0.25) is 0 Å². The number of fused-ring (bicyclic) bond motifs is 1.